The van der Waals surface area contributed by atoms with Gasteiger partial charge in [-0.2, -0.15) is 0 Å². The van der Waals surface area contributed by atoms with Crippen molar-refractivity contribution in [3.63, 3.8) is 0 Å². The first kappa shape index (κ1) is 21.0. The maximum Gasteiger partial charge on any atom is 0.254 e. The molecule has 0 saturated heterocycles. The summed E-state index contributed by atoms with van der Waals surface area (Å²) in [6.45, 7) is 1.27. The van der Waals surface area contributed by atoms with Crippen molar-refractivity contribution in [1.29, 1.82) is 0 Å². The lowest BCUT2D eigenvalue weighted by atomic mass is 9.90. The Bertz CT molecular complexity index is 1330. The molecule has 0 fully saturated rings. The molecule has 6 nitrogen and oxygen atoms in total. The second-order valence-electron chi connectivity index (χ2n) is 8.85. The Hall–Kier alpha value is -3.58. The molecular formula is C27H25N5OS. The number of nitrogens with one attached hydrogen (secondary N) is 1. The van der Waals surface area contributed by atoms with Crippen LogP contribution in [0.4, 0.5) is 10.9 Å². The molecule has 7 heteroatoms. The smallest absolute Gasteiger partial charge is 0.254 e. The molecule has 1 amide bonds. The molecule has 0 bridgehead atoms. The molecule has 1 aliphatic carbocycles. The standard InChI is InChI=1S/C27H25N5OS/c33-26(19-7-2-1-3-8-19)32-15-14-23-24(17-32)34-27(28-23)29-25-13-12-22(30-31-25)21-11-10-18-6-4-5-9-20(18)16-21/h1-3,7-8,10-13,16H,4-6,9,14-15,17H2,(H,28,29,31). The summed E-state index contributed by atoms with van der Waals surface area (Å²) in [4.78, 5) is 20.6. The Labute approximate surface area is 202 Å². The number of thiazole rings is 1. The van der Waals surface area contributed by atoms with Crippen molar-refractivity contribution >= 4 is 28.2 Å². The van der Waals surface area contributed by atoms with Crippen LogP contribution in [-0.2, 0) is 25.8 Å². The third-order valence-corrected chi connectivity index (χ3v) is 7.58. The highest BCUT2D eigenvalue weighted by Gasteiger charge is 2.25. The Morgan fingerprint density at radius 2 is 1.76 bits per heavy atom. The molecule has 170 valence electrons. The third kappa shape index (κ3) is 4.19. The van der Waals surface area contributed by atoms with Gasteiger partial charge < -0.3 is 10.2 Å². The molecule has 1 aliphatic heterocycles. The molecule has 6 rings (SSSR count). The number of rotatable bonds is 4. The van der Waals surface area contributed by atoms with Crippen LogP contribution in [0.25, 0.3) is 11.3 Å². The molecule has 0 radical (unpaired) electrons. The lowest BCUT2D eigenvalue weighted by molar-refractivity contribution is 0.0736. The van der Waals surface area contributed by atoms with Crippen LogP contribution in [0.1, 0.15) is 44.9 Å². The highest BCUT2D eigenvalue weighted by molar-refractivity contribution is 7.15. The van der Waals surface area contributed by atoms with E-state index in [0.29, 0.717) is 18.9 Å². The lowest BCUT2D eigenvalue weighted by Crippen LogP contribution is -2.35. The summed E-state index contributed by atoms with van der Waals surface area (Å²) in [7, 11) is 0. The summed E-state index contributed by atoms with van der Waals surface area (Å²) in [5.41, 5.74) is 6.70. The molecule has 2 aliphatic rings. The number of nitrogens with zero attached hydrogens (tertiary/aromatic N) is 4. The minimum Gasteiger partial charge on any atom is -0.333 e. The van der Waals surface area contributed by atoms with Crippen LogP contribution in [0, 0.1) is 0 Å². The van der Waals surface area contributed by atoms with Gasteiger partial charge in [0.15, 0.2) is 10.9 Å². The number of hydrogen-bond acceptors (Lipinski definition) is 6. The Kier molecular flexibility index (Phi) is 5.55. The second-order valence-corrected chi connectivity index (χ2v) is 9.93. The molecule has 2 aromatic heterocycles. The van der Waals surface area contributed by atoms with Crippen LogP contribution in [0.3, 0.4) is 0 Å². The highest BCUT2D eigenvalue weighted by Crippen LogP contribution is 2.31. The van der Waals surface area contributed by atoms with Crippen LogP contribution in [0.15, 0.2) is 60.7 Å². The van der Waals surface area contributed by atoms with Crippen molar-refractivity contribution in [2.45, 2.75) is 38.6 Å². The predicted molar refractivity (Wildman–Crippen MR) is 134 cm³/mol. The minimum atomic E-state index is 0.0674. The average Bonchev–Trinajstić information content (AvgIpc) is 3.30. The zero-order chi connectivity index (χ0) is 22.9. The van der Waals surface area contributed by atoms with Crippen LogP contribution in [0.2, 0.25) is 0 Å². The van der Waals surface area contributed by atoms with E-state index in [9.17, 15) is 4.79 Å². The van der Waals surface area contributed by atoms with Crippen molar-refractivity contribution in [3.8, 4) is 11.3 Å². The molecule has 4 aromatic rings. The van der Waals surface area contributed by atoms with E-state index < -0.39 is 0 Å². The number of benzene rings is 2. The average molecular weight is 468 g/mol. The molecule has 3 heterocycles. The Morgan fingerprint density at radius 1 is 0.912 bits per heavy atom. The molecule has 0 spiro atoms. The molecule has 2 aromatic carbocycles. The van der Waals surface area contributed by atoms with Gasteiger partial charge in [0.2, 0.25) is 0 Å². The summed E-state index contributed by atoms with van der Waals surface area (Å²) < 4.78 is 0. The van der Waals surface area contributed by atoms with E-state index in [1.54, 1.807) is 11.3 Å². The molecule has 0 atom stereocenters. The second kappa shape index (κ2) is 8.99. The number of hydrogen-bond donors (Lipinski definition) is 1. The van der Waals surface area contributed by atoms with E-state index in [4.69, 9.17) is 4.98 Å². The van der Waals surface area contributed by atoms with Crippen molar-refractivity contribution in [2.75, 3.05) is 11.9 Å². The Balaban J connectivity index is 1.14. The van der Waals surface area contributed by atoms with Crippen molar-refractivity contribution in [3.05, 3.63) is 87.9 Å². The summed E-state index contributed by atoms with van der Waals surface area (Å²) in [5.74, 6) is 0.739. The number of amides is 1. The first-order valence-electron chi connectivity index (χ1n) is 11.8. The Morgan fingerprint density at radius 3 is 2.59 bits per heavy atom. The number of carbonyl (C=O) groups is 1. The SMILES string of the molecule is O=C(c1ccccc1)N1CCc2nc(Nc3ccc(-c4ccc5c(c4)CCCC5)nn3)sc2C1. The molecule has 34 heavy (non-hydrogen) atoms. The van der Waals surface area contributed by atoms with Gasteiger partial charge >= 0.3 is 0 Å². The van der Waals surface area contributed by atoms with Gasteiger partial charge in [-0.25, -0.2) is 4.98 Å². The first-order valence-corrected chi connectivity index (χ1v) is 12.6. The fourth-order valence-electron chi connectivity index (χ4n) is 4.74. The lowest BCUT2D eigenvalue weighted by Gasteiger charge is -2.26. The van der Waals surface area contributed by atoms with Gasteiger partial charge in [-0.05, 0) is 67.1 Å². The van der Waals surface area contributed by atoms with Gasteiger partial charge in [-0.3, -0.25) is 4.79 Å². The summed E-state index contributed by atoms with van der Waals surface area (Å²) in [6.07, 6.45) is 5.64. The van der Waals surface area contributed by atoms with Crippen LogP contribution in [-0.4, -0.2) is 32.5 Å². The molecule has 0 saturated carbocycles. The maximum absolute atomic E-state index is 12.8. The predicted octanol–water partition coefficient (Wildman–Crippen LogP) is 5.42. The van der Waals surface area contributed by atoms with E-state index >= 15 is 0 Å². The first-order chi connectivity index (χ1) is 16.7. The van der Waals surface area contributed by atoms with Crippen LogP contribution < -0.4 is 5.32 Å². The molecular weight excluding hydrogens is 442 g/mol. The van der Waals surface area contributed by atoms with Gasteiger partial charge in [0.05, 0.1) is 17.9 Å². The topological polar surface area (TPSA) is 71.0 Å². The van der Waals surface area contributed by atoms with Crippen LogP contribution in [0.5, 0.6) is 0 Å². The monoisotopic (exact) mass is 467 g/mol. The largest absolute Gasteiger partial charge is 0.333 e. The quantitative estimate of drug-likeness (QED) is 0.434. The van der Waals surface area contributed by atoms with E-state index in [1.807, 2.05) is 47.4 Å². The number of aromatic nitrogens is 3. The highest BCUT2D eigenvalue weighted by atomic mass is 32.1. The fraction of sp³-hybridized carbons (Fsp3) is 0.259. The molecule has 1 N–H and O–H groups in total. The fourth-order valence-corrected chi connectivity index (χ4v) is 5.77. The summed E-state index contributed by atoms with van der Waals surface area (Å²) in [6, 6.07) is 20.1. The zero-order valence-electron chi connectivity index (χ0n) is 18.8. The number of carbonyl (C=O) groups excluding carboxylic acids is 1. The number of anilines is 2. The van der Waals surface area contributed by atoms with Gasteiger partial charge in [-0.1, -0.05) is 41.7 Å². The zero-order valence-corrected chi connectivity index (χ0v) is 19.6. The number of fused-ring (bicyclic) bond motifs is 2. The van der Waals surface area contributed by atoms with Crippen LogP contribution >= 0.6 is 11.3 Å². The third-order valence-electron chi connectivity index (χ3n) is 6.58. The van der Waals surface area contributed by atoms with Gasteiger partial charge in [0.25, 0.3) is 5.91 Å². The van der Waals surface area contributed by atoms with E-state index in [2.05, 4.69) is 33.7 Å². The normalized spacial score (nSPS) is 14.9. The van der Waals surface area contributed by atoms with E-state index in [1.165, 1.54) is 30.4 Å². The van der Waals surface area contributed by atoms with Crippen molar-refractivity contribution < 1.29 is 4.79 Å². The summed E-state index contributed by atoms with van der Waals surface area (Å²) in [5, 5.41) is 12.9. The maximum atomic E-state index is 12.8. The van der Waals surface area contributed by atoms with Crippen molar-refractivity contribution in [2.24, 2.45) is 0 Å². The summed E-state index contributed by atoms with van der Waals surface area (Å²) >= 11 is 1.58. The van der Waals surface area contributed by atoms with Crippen molar-refractivity contribution in [1.82, 2.24) is 20.1 Å². The molecule has 0 unspecified atom stereocenters. The van der Waals surface area contributed by atoms with Gasteiger partial charge in [0, 0.05) is 29.0 Å². The van der Waals surface area contributed by atoms with E-state index in [-0.39, 0.29) is 5.91 Å². The van der Waals surface area contributed by atoms with E-state index in [0.717, 1.165) is 45.4 Å². The van der Waals surface area contributed by atoms with Gasteiger partial charge in [-0.15, -0.1) is 10.2 Å². The van der Waals surface area contributed by atoms with Gasteiger partial charge in [0.1, 0.15) is 0 Å². The number of aryl methyl sites for hydroxylation is 2. The minimum absolute atomic E-state index is 0.0674.